The van der Waals surface area contributed by atoms with Crippen LogP contribution in [0, 0.1) is 5.92 Å². The van der Waals surface area contributed by atoms with E-state index in [1.165, 1.54) is 0 Å². The van der Waals surface area contributed by atoms with E-state index in [0.717, 1.165) is 19.3 Å². The Morgan fingerprint density at radius 2 is 1.93 bits per heavy atom. The molecule has 3 atom stereocenters. The van der Waals surface area contributed by atoms with Crippen molar-refractivity contribution < 1.29 is 15.3 Å². The lowest BCUT2D eigenvalue weighted by Gasteiger charge is -2.22. The highest BCUT2D eigenvalue weighted by Crippen LogP contribution is 2.38. The summed E-state index contributed by atoms with van der Waals surface area (Å²) in [4.78, 5) is 0. The number of hydrogen-bond acceptors (Lipinski definition) is 3. The third kappa shape index (κ3) is 1.98. The van der Waals surface area contributed by atoms with E-state index in [-0.39, 0.29) is 11.7 Å². The van der Waals surface area contributed by atoms with E-state index >= 15 is 0 Å². The van der Waals surface area contributed by atoms with Crippen LogP contribution in [0.25, 0.3) is 0 Å². The highest BCUT2D eigenvalue weighted by Gasteiger charge is 2.33. The van der Waals surface area contributed by atoms with Crippen molar-refractivity contribution in [1.29, 1.82) is 0 Å². The topological polar surface area (TPSA) is 60.7 Å². The number of aliphatic hydroxyl groups is 2. The number of aliphatic hydroxyl groups excluding tert-OH is 2. The van der Waals surface area contributed by atoms with E-state index in [0.29, 0.717) is 5.56 Å². The molecule has 3 heteroatoms. The Morgan fingerprint density at radius 3 is 2.53 bits per heavy atom. The van der Waals surface area contributed by atoms with Crippen molar-refractivity contribution in [2.75, 3.05) is 0 Å². The first-order valence-electron chi connectivity index (χ1n) is 5.34. The van der Waals surface area contributed by atoms with E-state index in [4.69, 9.17) is 0 Å². The fourth-order valence-electron chi connectivity index (χ4n) is 2.31. The second-order valence-corrected chi connectivity index (χ2v) is 4.17. The van der Waals surface area contributed by atoms with Crippen molar-refractivity contribution in [1.82, 2.24) is 0 Å². The average Bonchev–Trinajstić information content (AvgIpc) is 2.64. The van der Waals surface area contributed by atoms with Crippen molar-refractivity contribution in [2.24, 2.45) is 5.92 Å². The molecule has 82 valence electrons. The molecule has 0 spiro atoms. The lowest BCUT2D eigenvalue weighted by Crippen LogP contribution is -2.21. The molecule has 1 aromatic carbocycles. The molecule has 0 heterocycles. The molecule has 0 aliphatic heterocycles. The van der Waals surface area contributed by atoms with Crippen LogP contribution in [0.15, 0.2) is 24.3 Å². The van der Waals surface area contributed by atoms with Crippen LogP contribution in [0.3, 0.4) is 0 Å². The predicted octanol–water partition coefficient (Wildman–Crippen LogP) is 1.59. The smallest absolute Gasteiger partial charge is 0.121 e. The molecule has 0 radical (unpaired) electrons. The highest BCUT2D eigenvalue weighted by molar-refractivity contribution is 5.34. The first-order valence-corrected chi connectivity index (χ1v) is 5.34. The molecule has 0 aromatic heterocycles. The van der Waals surface area contributed by atoms with E-state index in [1.807, 2.05) is 0 Å². The monoisotopic (exact) mass is 208 g/mol. The Morgan fingerprint density at radius 1 is 1.20 bits per heavy atom. The lowest BCUT2D eigenvalue weighted by molar-refractivity contribution is 0.0295. The van der Waals surface area contributed by atoms with Crippen LogP contribution in [-0.4, -0.2) is 21.4 Å². The molecule has 1 aliphatic carbocycles. The van der Waals surface area contributed by atoms with Crippen LogP contribution in [0.2, 0.25) is 0 Å². The zero-order valence-electron chi connectivity index (χ0n) is 8.50. The second kappa shape index (κ2) is 4.21. The number of phenols is 1. The molecule has 1 fully saturated rings. The standard InChI is InChI=1S/C12H16O3/c13-10-6-2-1-4-8(10)12(15)9-5-3-7-11(9)14/h1-2,4,6,9,11-15H,3,5,7H2/t9-,11-,12+/m1/s1. The van der Waals surface area contributed by atoms with Gasteiger partial charge in [0.25, 0.3) is 0 Å². The van der Waals surface area contributed by atoms with Gasteiger partial charge in [0, 0.05) is 11.5 Å². The first-order chi connectivity index (χ1) is 7.20. The van der Waals surface area contributed by atoms with Crippen LogP contribution in [0.5, 0.6) is 5.75 Å². The first kappa shape index (κ1) is 10.5. The summed E-state index contributed by atoms with van der Waals surface area (Å²) in [6.07, 6.45) is 1.30. The van der Waals surface area contributed by atoms with Gasteiger partial charge in [-0.05, 0) is 18.9 Å². The molecule has 0 bridgehead atoms. The summed E-state index contributed by atoms with van der Waals surface area (Å²) in [7, 11) is 0. The Bertz CT molecular complexity index is 337. The summed E-state index contributed by atoms with van der Waals surface area (Å²) in [6, 6.07) is 6.75. The molecule has 3 N–H and O–H groups in total. The number of phenolic OH excluding ortho intramolecular Hbond substituents is 1. The summed E-state index contributed by atoms with van der Waals surface area (Å²) < 4.78 is 0. The van der Waals surface area contributed by atoms with Crippen molar-refractivity contribution in [3.8, 4) is 5.75 Å². The molecule has 1 aromatic rings. The largest absolute Gasteiger partial charge is 0.508 e. The van der Waals surface area contributed by atoms with E-state index in [9.17, 15) is 15.3 Å². The van der Waals surface area contributed by atoms with E-state index < -0.39 is 12.2 Å². The minimum Gasteiger partial charge on any atom is -0.508 e. The summed E-state index contributed by atoms with van der Waals surface area (Å²) in [5.41, 5.74) is 0.517. The zero-order chi connectivity index (χ0) is 10.8. The van der Waals surface area contributed by atoms with Gasteiger partial charge in [-0.1, -0.05) is 24.6 Å². The molecular formula is C12H16O3. The minimum atomic E-state index is -0.760. The summed E-state index contributed by atoms with van der Waals surface area (Å²) >= 11 is 0. The van der Waals surface area contributed by atoms with Crippen LogP contribution < -0.4 is 0 Å². The van der Waals surface area contributed by atoms with Crippen LogP contribution in [0.1, 0.15) is 30.9 Å². The number of aromatic hydroxyl groups is 1. The summed E-state index contributed by atoms with van der Waals surface area (Å²) in [5, 5.41) is 29.3. The maximum atomic E-state index is 10.1. The Kier molecular flexibility index (Phi) is 2.93. The summed E-state index contributed by atoms with van der Waals surface area (Å²) in [6.45, 7) is 0. The number of benzene rings is 1. The number of rotatable bonds is 2. The molecule has 1 aliphatic rings. The Labute approximate surface area is 89.0 Å². The normalized spacial score (nSPS) is 27.9. The maximum Gasteiger partial charge on any atom is 0.121 e. The van der Waals surface area contributed by atoms with Crippen LogP contribution in [0.4, 0.5) is 0 Å². The Balaban J connectivity index is 2.20. The molecular weight excluding hydrogens is 192 g/mol. The van der Waals surface area contributed by atoms with E-state index in [2.05, 4.69) is 0 Å². The number of hydrogen-bond donors (Lipinski definition) is 3. The van der Waals surface area contributed by atoms with Crippen molar-refractivity contribution in [3.63, 3.8) is 0 Å². The van der Waals surface area contributed by atoms with Gasteiger partial charge in [-0.15, -0.1) is 0 Å². The van der Waals surface area contributed by atoms with Gasteiger partial charge in [0.15, 0.2) is 0 Å². The van der Waals surface area contributed by atoms with Gasteiger partial charge >= 0.3 is 0 Å². The zero-order valence-corrected chi connectivity index (χ0v) is 8.50. The summed E-state index contributed by atoms with van der Waals surface area (Å²) in [5.74, 6) is -0.0394. The maximum absolute atomic E-state index is 10.1. The van der Waals surface area contributed by atoms with Gasteiger partial charge in [0.05, 0.1) is 12.2 Å². The van der Waals surface area contributed by atoms with Gasteiger partial charge in [-0.25, -0.2) is 0 Å². The second-order valence-electron chi connectivity index (χ2n) is 4.17. The molecule has 0 amide bonds. The molecule has 0 saturated heterocycles. The predicted molar refractivity (Wildman–Crippen MR) is 56.4 cm³/mol. The van der Waals surface area contributed by atoms with Crippen LogP contribution >= 0.6 is 0 Å². The van der Waals surface area contributed by atoms with Gasteiger partial charge < -0.3 is 15.3 Å². The van der Waals surface area contributed by atoms with Crippen molar-refractivity contribution in [2.45, 2.75) is 31.5 Å². The third-order valence-corrected chi connectivity index (χ3v) is 3.19. The fourth-order valence-corrected chi connectivity index (χ4v) is 2.31. The Hall–Kier alpha value is -1.06. The molecule has 1 saturated carbocycles. The molecule has 3 nitrogen and oxygen atoms in total. The van der Waals surface area contributed by atoms with Gasteiger partial charge in [-0.2, -0.15) is 0 Å². The quantitative estimate of drug-likeness (QED) is 0.691. The number of para-hydroxylation sites is 1. The van der Waals surface area contributed by atoms with Crippen molar-refractivity contribution in [3.05, 3.63) is 29.8 Å². The van der Waals surface area contributed by atoms with E-state index in [1.54, 1.807) is 24.3 Å². The van der Waals surface area contributed by atoms with Crippen LogP contribution in [-0.2, 0) is 0 Å². The van der Waals surface area contributed by atoms with Crippen molar-refractivity contribution >= 4 is 0 Å². The minimum absolute atomic E-state index is 0.101. The molecule has 0 unspecified atom stereocenters. The molecule has 15 heavy (non-hydrogen) atoms. The van der Waals surface area contributed by atoms with Gasteiger partial charge in [0.2, 0.25) is 0 Å². The van der Waals surface area contributed by atoms with Gasteiger partial charge in [-0.3, -0.25) is 0 Å². The average molecular weight is 208 g/mol. The highest BCUT2D eigenvalue weighted by atomic mass is 16.3. The molecule has 2 rings (SSSR count). The third-order valence-electron chi connectivity index (χ3n) is 3.19. The fraction of sp³-hybridized carbons (Fsp3) is 0.500. The van der Waals surface area contributed by atoms with Gasteiger partial charge in [0.1, 0.15) is 5.75 Å². The SMILES string of the molecule is Oc1ccccc1[C@H](O)[C@@H]1CCC[C@H]1O. The lowest BCUT2D eigenvalue weighted by atomic mass is 9.92.